The van der Waals surface area contributed by atoms with Crippen molar-refractivity contribution in [3.8, 4) is 0 Å². The van der Waals surface area contributed by atoms with Crippen molar-refractivity contribution in [3.05, 3.63) is 0 Å². The highest BCUT2D eigenvalue weighted by molar-refractivity contribution is 7.90. The van der Waals surface area contributed by atoms with Crippen LogP contribution < -0.4 is 5.32 Å². The van der Waals surface area contributed by atoms with Gasteiger partial charge in [0.15, 0.2) is 0 Å². The third-order valence-corrected chi connectivity index (χ3v) is 3.77. The van der Waals surface area contributed by atoms with E-state index in [1.54, 1.807) is 4.90 Å². The third-order valence-electron chi connectivity index (χ3n) is 2.82. The molecule has 1 aliphatic heterocycles. The summed E-state index contributed by atoms with van der Waals surface area (Å²) in [4.78, 5) is 13.4. The van der Waals surface area contributed by atoms with Gasteiger partial charge in [-0.05, 0) is 18.8 Å². The zero-order chi connectivity index (χ0) is 12.2. The summed E-state index contributed by atoms with van der Waals surface area (Å²) in [5, 5.41) is 2.63. The number of hydrogen-bond acceptors (Lipinski definition) is 3. The Morgan fingerprint density at radius 2 is 1.94 bits per heavy atom. The summed E-state index contributed by atoms with van der Waals surface area (Å²) >= 11 is 0. The van der Waals surface area contributed by atoms with Crippen LogP contribution in [-0.2, 0) is 9.84 Å². The minimum atomic E-state index is -2.99. The van der Waals surface area contributed by atoms with Crippen LogP contribution in [0, 0.1) is 5.92 Å². The van der Waals surface area contributed by atoms with E-state index in [0.29, 0.717) is 5.92 Å². The molecule has 1 aliphatic rings. The number of nitrogens with one attached hydrogen (secondary N) is 1. The van der Waals surface area contributed by atoms with Gasteiger partial charge in [-0.3, -0.25) is 0 Å². The normalized spacial score (nSPS) is 18.5. The molecule has 5 nitrogen and oxygen atoms in total. The molecule has 1 heterocycles. The smallest absolute Gasteiger partial charge is 0.317 e. The Morgan fingerprint density at radius 3 is 2.44 bits per heavy atom. The van der Waals surface area contributed by atoms with Crippen LogP contribution in [-0.4, -0.2) is 51.0 Å². The first-order valence-electron chi connectivity index (χ1n) is 5.59. The van der Waals surface area contributed by atoms with Crippen LogP contribution >= 0.6 is 0 Å². The van der Waals surface area contributed by atoms with E-state index in [1.165, 1.54) is 6.26 Å². The maximum Gasteiger partial charge on any atom is 0.317 e. The van der Waals surface area contributed by atoms with Crippen molar-refractivity contribution in [1.82, 2.24) is 10.2 Å². The number of nitrogens with zero attached hydrogens (tertiary/aromatic N) is 1. The van der Waals surface area contributed by atoms with E-state index in [1.807, 2.05) is 0 Å². The fourth-order valence-electron chi connectivity index (χ4n) is 1.67. The lowest BCUT2D eigenvalue weighted by Crippen LogP contribution is -2.45. The Bertz CT molecular complexity index is 332. The lowest BCUT2D eigenvalue weighted by atomic mass is 10.00. The number of rotatable bonds is 3. The molecule has 1 rings (SSSR count). The van der Waals surface area contributed by atoms with E-state index >= 15 is 0 Å². The van der Waals surface area contributed by atoms with Gasteiger partial charge in [0.1, 0.15) is 9.84 Å². The first kappa shape index (κ1) is 13.3. The molecule has 0 spiro atoms. The van der Waals surface area contributed by atoms with Gasteiger partial charge in [0.25, 0.3) is 0 Å². The number of hydrogen-bond donors (Lipinski definition) is 1. The van der Waals surface area contributed by atoms with E-state index in [2.05, 4.69) is 12.2 Å². The van der Waals surface area contributed by atoms with Gasteiger partial charge in [-0.2, -0.15) is 0 Å². The van der Waals surface area contributed by atoms with Gasteiger partial charge in [-0.15, -0.1) is 0 Å². The summed E-state index contributed by atoms with van der Waals surface area (Å²) in [5.74, 6) is 0.684. The van der Waals surface area contributed by atoms with Crippen molar-refractivity contribution >= 4 is 15.9 Å². The first-order chi connectivity index (χ1) is 7.38. The zero-order valence-corrected chi connectivity index (χ0v) is 10.7. The number of urea groups is 1. The van der Waals surface area contributed by atoms with Crippen molar-refractivity contribution in [3.63, 3.8) is 0 Å². The summed E-state index contributed by atoms with van der Waals surface area (Å²) in [6.45, 7) is 3.92. The number of carbonyl (C=O) groups excluding carboxylic acids is 1. The highest BCUT2D eigenvalue weighted by atomic mass is 32.2. The molecule has 0 aliphatic carbocycles. The first-order valence-corrected chi connectivity index (χ1v) is 7.65. The van der Waals surface area contributed by atoms with Crippen LogP contribution in [0.2, 0.25) is 0 Å². The number of carbonyl (C=O) groups is 1. The maximum atomic E-state index is 11.6. The van der Waals surface area contributed by atoms with Crippen LogP contribution in [0.25, 0.3) is 0 Å². The highest BCUT2D eigenvalue weighted by Crippen LogP contribution is 2.15. The van der Waals surface area contributed by atoms with Gasteiger partial charge in [-0.1, -0.05) is 6.92 Å². The molecule has 0 bridgehead atoms. The second-order valence-corrected chi connectivity index (χ2v) is 6.79. The van der Waals surface area contributed by atoms with Gasteiger partial charge in [0.05, 0.1) is 5.75 Å². The van der Waals surface area contributed by atoms with E-state index in [-0.39, 0.29) is 18.3 Å². The summed E-state index contributed by atoms with van der Waals surface area (Å²) in [6.07, 6.45) is 3.22. The summed E-state index contributed by atoms with van der Waals surface area (Å²) < 4.78 is 21.7. The Morgan fingerprint density at radius 1 is 1.38 bits per heavy atom. The molecular formula is C10H20N2O3S. The van der Waals surface area contributed by atoms with Crippen LogP contribution in [0.5, 0.6) is 0 Å². The number of sulfone groups is 1. The fraction of sp³-hybridized carbons (Fsp3) is 0.900. The molecule has 94 valence electrons. The molecule has 16 heavy (non-hydrogen) atoms. The number of likely N-dealkylation sites (tertiary alicyclic amines) is 1. The van der Waals surface area contributed by atoms with E-state index < -0.39 is 9.84 Å². The third kappa shape index (κ3) is 4.83. The second-order valence-electron chi connectivity index (χ2n) is 4.53. The second kappa shape index (κ2) is 5.52. The lowest BCUT2D eigenvalue weighted by Gasteiger charge is -2.30. The van der Waals surface area contributed by atoms with Crippen molar-refractivity contribution in [2.45, 2.75) is 19.8 Å². The lowest BCUT2D eigenvalue weighted by molar-refractivity contribution is 0.174. The largest absolute Gasteiger partial charge is 0.337 e. The maximum absolute atomic E-state index is 11.6. The Balaban J connectivity index is 2.25. The van der Waals surface area contributed by atoms with Crippen molar-refractivity contribution < 1.29 is 13.2 Å². The molecule has 1 saturated heterocycles. The summed E-state index contributed by atoms with van der Waals surface area (Å²) in [5.41, 5.74) is 0. The van der Waals surface area contributed by atoms with E-state index in [4.69, 9.17) is 0 Å². The van der Waals surface area contributed by atoms with Gasteiger partial charge < -0.3 is 10.2 Å². The molecule has 0 aromatic rings. The summed E-state index contributed by atoms with van der Waals surface area (Å²) in [7, 11) is -2.99. The van der Waals surface area contributed by atoms with E-state index in [9.17, 15) is 13.2 Å². The Labute approximate surface area is 97.1 Å². The standard InChI is InChI=1S/C10H20N2O3S/c1-9-3-6-12(7-4-9)10(13)11-5-8-16(2,14)15/h9H,3-8H2,1-2H3,(H,11,13). The number of amides is 2. The molecule has 6 heteroatoms. The predicted molar refractivity (Wildman–Crippen MR) is 63.1 cm³/mol. The molecule has 0 unspecified atom stereocenters. The minimum absolute atomic E-state index is 0.00296. The van der Waals surface area contributed by atoms with Gasteiger partial charge in [0, 0.05) is 25.9 Å². The minimum Gasteiger partial charge on any atom is -0.337 e. The average molecular weight is 248 g/mol. The van der Waals surface area contributed by atoms with Crippen LogP contribution in [0.3, 0.4) is 0 Å². The molecule has 0 atom stereocenters. The molecule has 0 saturated carbocycles. The van der Waals surface area contributed by atoms with Gasteiger partial charge >= 0.3 is 6.03 Å². The molecular weight excluding hydrogens is 228 g/mol. The molecule has 1 fully saturated rings. The molecule has 2 amide bonds. The quantitative estimate of drug-likeness (QED) is 0.789. The van der Waals surface area contributed by atoms with Crippen LogP contribution in [0.1, 0.15) is 19.8 Å². The van der Waals surface area contributed by atoms with Gasteiger partial charge in [-0.25, -0.2) is 13.2 Å². The van der Waals surface area contributed by atoms with E-state index in [0.717, 1.165) is 25.9 Å². The SMILES string of the molecule is CC1CCN(C(=O)NCCS(C)(=O)=O)CC1. The summed E-state index contributed by atoms with van der Waals surface area (Å²) in [6, 6.07) is -0.143. The Kier molecular flexibility index (Phi) is 4.58. The van der Waals surface area contributed by atoms with Gasteiger partial charge in [0.2, 0.25) is 0 Å². The average Bonchev–Trinajstić information content (AvgIpc) is 2.16. The predicted octanol–water partition coefficient (Wildman–Crippen LogP) is 0.472. The molecule has 0 aromatic carbocycles. The topological polar surface area (TPSA) is 66.5 Å². The molecule has 0 aromatic heterocycles. The Hall–Kier alpha value is -0.780. The van der Waals surface area contributed by atoms with Crippen LogP contribution in [0.15, 0.2) is 0 Å². The van der Waals surface area contributed by atoms with Crippen molar-refractivity contribution in [2.24, 2.45) is 5.92 Å². The monoisotopic (exact) mass is 248 g/mol. The zero-order valence-electron chi connectivity index (χ0n) is 9.90. The number of piperidine rings is 1. The highest BCUT2D eigenvalue weighted by Gasteiger charge is 2.19. The van der Waals surface area contributed by atoms with Crippen molar-refractivity contribution in [1.29, 1.82) is 0 Å². The van der Waals surface area contributed by atoms with Crippen LogP contribution in [0.4, 0.5) is 4.79 Å². The molecule has 0 radical (unpaired) electrons. The fourth-order valence-corrected chi connectivity index (χ4v) is 2.14. The molecule has 1 N–H and O–H groups in total. The van der Waals surface area contributed by atoms with Crippen molar-refractivity contribution in [2.75, 3.05) is 31.6 Å².